The fraction of sp³-hybridized carbons (Fsp3) is 0.190. The Morgan fingerprint density at radius 2 is 1.33 bits per heavy atom. The molecule has 0 bridgehead atoms. The van der Waals surface area contributed by atoms with Gasteiger partial charge < -0.3 is 24.0 Å². The number of furan rings is 1. The quantitative estimate of drug-likeness (QED) is 0.162. The Hall–Kier alpha value is -4.51. The van der Waals surface area contributed by atoms with Crippen molar-refractivity contribution < 1.29 is 24.5 Å². The normalized spacial score (nSPS) is 14.0. The molecule has 0 spiro atoms. The summed E-state index contributed by atoms with van der Waals surface area (Å²) in [6.45, 7) is 13.3. The first-order valence-electron chi connectivity index (χ1n) is 16.3. The second-order valence-electron chi connectivity index (χ2n) is 12.8. The minimum atomic E-state index is 0. The third kappa shape index (κ3) is 6.11. The molecule has 6 heteroatoms. The van der Waals surface area contributed by atoms with Crippen molar-refractivity contribution in [3.63, 3.8) is 0 Å². The molecule has 0 fully saturated rings. The maximum absolute atomic E-state index is 6.13. The summed E-state index contributed by atoms with van der Waals surface area (Å²) in [6, 6.07) is 42.1. The molecule has 6 aromatic rings. The standard InChI is InChI=1S/C22H26N2.C20H14N2O.Ir/c1-16(2)19-12-9-13-20(17(3)4)22(19)21-14-23(5)15-24(21)18-10-7-6-8-11-18;1-21-13-22(17-10-4-3-9-16(17)21)18-11-6-8-15-14-7-2-5-12-19(14)23-20(15)18;/h6-10,12-17H,1-5H3;2-10,12-13H,1H3;/q2*-2;. The Morgan fingerprint density at radius 3 is 2.04 bits per heavy atom. The molecule has 2 aliphatic heterocycles. The van der Waals surface area contributed by atoms with Crippen LogP contribution in [-0.2, 0) is 20.1 Å². The Labute approximate surface area is 298 Å². The number of rotatable bonds is 5. The van der Waals surface area contributed by atoms with Crippen LogP contribution in [0.25, 0.3) is 27.6 Å². The first-order chi connectivity index (χ1) is 22.8. The van der Waals surface area contributed by atoms with E-state index in [1.807, 2.05) is 36.4 Å². The van der Waals surface area contributed by atoms with Crippen LogP contribution < -0.4 is 14.7 Å². The monoisotopic (exact) mass is 809 g/mol. The van der Waals surface area contributed by atoms with Crippen molar-refractivity contribution in [3.8, 4) is 0 Å². The molecule has 5 aromatic carbocycles. The van der Waals surface area contributed by atoms with E-state index < -0.39 is 0 Å². The van der Waals surface area contributed by atoms with Gasteiger partial charge in [-0.1, -0.05) is 87.3 Å². The Morgan fingerprint density at radius 1 is 0.646 bits per heavy atom. The molecule has 0 atom stereocenters. The first kappa shape index (κ1) is 33.4. The first-order valence-corrected chi connectivity index (χ1v) is 16.3. The predicted octanol–water partition coefficient (Wildman–Crippen LogP) is 10.7. The Kier molecular flexibility index (Phi) is 9.68. The van der Waals surface area contributed by atoms with Crippen molar-refractivity contribution in [2.75, 3.05) is 28.8 Å². The van der Waals surface area contributed by atoms with Crippen molar-refractivity contribution in [1.29, 1.82) is 0 Å². The zero-order valence-corrected chi connectivity index (χ0v) is 30.6. The van der Waals surface area contributed by atoms with Crippen molar-refractivity contribution in [3.05, 3.63) is 151 Å². The summed E-state index contributed by atoms with van der Waals surface area (Å²) in [7, 11) is 4.13. The number of fused-ring (bicyclic) bond motifs is 4. The summed E-state index contributed by atoms with van der Waals surface area (Å²) >= 11 is 0. The van der Waals surface area contributed by atoms with Gasteiger partial charge in [-0.05, 0) is 61.5 Å². The fourth-order valence-electron chi connectivity index (χ4n) is 6.59. The molecule has 0 amide bonds. The zero-order valence-electron chi connectivity index (χ0n) is 28.2. The number of benzene rings is 5. The molecule has 0 saturated heterocycles. The molecule has 8 rings (SSSR count). The van der Waals surface area contributed by atoms with Gasteiger partial charge in [0.05, 0.1) is 0 Å². The molecule has 5 nitrogen and oxygen atoms in total. The van der Waals surface area contributed by atoms with E-state index in [2.05, 4.69) is 160 Å². The van der Waals surface area contributed by atoms with Gasteiger partial charge in [0.15, 0.2) is 0 Å². The average Bonchev–Trinajstić information content (AvgIpc) is 3.78. The fourth-order valence-corrected chi connectivity index (χ4v) is 6.59. The Bertz CT molecular complexity index is 2040. The molecule has 0 N–H and O–H groups in total. The molecule has 247 valence electrons. The van der Waals surface area contributed by atoms with E-state index in [4.69, 9.17) is 4.42 Å². The summed E-state index contributed by atoms with van der Waals surface area (Å²) < 4.78 is 6.13. The number of anilines is 4. The SMILES string of the molecule is CC(C)c1cccc(C(C)C)c1C1=CN(C)[CH-]N1c1[c-]cccc1.CN1[CH-]N(c2[c-]ccc3c2oc2ccccc23)c2ccccc21.[Ir]. The van der Waals surface area contributed by atoms with Crippen LogP contribution in [0.15, 0.2) is 114 Å². The third-order valence-corrected chi connectivity index (χ3v) is 8.83. The van der Waals surface area contributed by atoms with Crippen LogP contribution in [0.5, 0.6) is 0 Å². The molecule has 1 radical (unpaired) electrons. The molecule has 2 aliphatic rings. The molecule has 0 unspecified atom stereocenters. The minimum Gasteiger partial charge on any atom is -0.514 e. The number of para-hydroxylation sites is 4. The largest absolute Gasteiger partial charge is 0.514 e. The van der Waals surface area contributed by atoms with Gasteiger partial charge >= 0.3 is 0 Å². The summed E-state index contributed by atoms with van der Waals surface area (Å²) in [4.78, 5) is 8.62. The van der Waals surface area contributed by atoms with Crippen LogP contribution in [0.3, 0.4) is 0 Å². The number of nitrogens with zero attached hydrogens (tertiary/aromatic N) is 4. The summed E-state index contributed by atoms with van der Waals surface area (Å²) in [5.41, 5.74) is 11.5. The Balaban J connectivity index is 0.000000164. The second kappa shape index (κ2) is 13.9. The van der Waals surface area contributed by atoms with Crippen molar-refractivity contribution >= 4 is 50.4 Å². The van der Waals surface area contributed by atoms with Gasteiger partial charge in [-0.25, -0.2) is 0 Å². The summed E-state index contributed by atoms with van der Waals surface area (Å²) in [5, 5.41) is 2.26. The van der Waals surface area contributed by atoms with Gasteiger partial charge in [-0.15, -0.1) is 5.69 Å². The topological polar surface area (TPSA) is 26.1 Å². The summed E-state index contributed by atoms with van der Waals surface area (Å²) in [5.74, 6) is 0.958. The second-order valence-corrected chi connectivity index (χ2v) is 12.8. The van der Waals surface area contributed by atoms with Gasteiger partial charge in [0.2, 0.25) is 0 Å². The van der Waals surface area contributed by atoms with Gasteiger partial charge in [0.25, 0.3) is 0 Å². The van der Waals surface area contributed by atoms with Crippen LogP contribution in [0.2, 0.25) is 0 Å². The number of hydrogen-bond donors (Lipinski definition) is 0. The minimum absolute atomic E-state index is 0. The predicted molar refractivity (Wildman–Crippen MR) is 196 cm³/mol. The number of hydrogen-bond acceptors (Lipinski definition) is 5. The van der Waals surface area contributed by atoms with Crippen LogP contribution in [0.4, 0.5) is 22.7 Å². The van der Waals surface area contributed by atoms with Crippen LogP contribution in [0.1, 0.15) is 56.2 Å². The smallest absolute Gasteiger partial charge is 0.116 e. The zero-order chi connectivity index (χ0) is 32.7. The van der Waals surface area contributed by atoms with E-state index in [0.717, 1.165) is 39.0 Å². The maximum atomic E-state index is 6.13. The molecular weight excluding hydrogens is 769 g/mol. The van der Waals surface area contributed by atoms with Gasteiger partial charge in [-0.3, -0.25) is 0 Å². The van der Waals surface area contributed by atoms with Gasteiger partial charge in [0.1, 0.15) is 5.58 Å². The van der Waals surface area contributed by atoms with Crippen LogP contribution >= 0.6 is 0 Å². The van der Waals surface area contributed by atoms with E-state index in [9.17, 15) is 0 Å². The van der Waals surface area contributed by atoms with Crippen LogP contribution in [-0.4, -0.2) is 19.0 Å². The third-order valence-electron chi connectivity index (χ3n) is 8.83. The molecule has 48 heavy (non-hydrogen) atoms. The van der Waals surface area contributed by atoms with Gasteiger partial charge in [-0.2, -0.15) is 61.9 Å². The van der Waals surface area contributed by atoms with Crippen molar-refractivity contribution in [2.24, 2.45) is 0 Å². The molecule has 1 aromatic heterocycles. The van der Waals surface area contributed by atoms with E-state index in [1.165, 1.54) is 28.1 Å². The van der Waals surface area contributed by atoms with Crippen molar-refractivity contribution in [2.45, 2.75) is 39.5 Å². The summed E-state index contributed by atoms with van der Waals surface area (Å²) in [6.07, 6.45) is 2.22. The van der Waals surface area contributed by atoms with E-state index in [1.54, 1.807) is 0 Å². The molecular formula is C42H40IrN4O-4. The van der Waals surface area contributed by atoms with E-state index >= 15 is 0 Å². The molecule has 3 heterocycles. The van der Waals surface area contributed by atoms with E-state index in [0.29, 0.717) is 11.8 Å². The maximum Gasteiger partial charge on any atom is 0.116 e. The van der Waals surface area contributed by atoms with Crippen molar-refractivity contribution in [1.82, 2.24) is 4.90 Å². The van der Waals surface area contributed by atoms with E-state index in [-0.39, 0.29) is 20.1 Å². The van der Waals surface area contributed by atoms with Gasteiger partial charge in [0, 0.05) is 53.7 Å². The molecule has 0 aliphatic carbocycles. The molecule has 0 saturated carbocycles. The van der Waals surface area contributed by atoms with Crippen LogP contribution in [0, 0.1) is 25.5 Å². The average molecular weight is 809 g/mol.